The summed E-state index contributed by atoms with van der Waals surface area (Å²) >= 11 is 0. The van der Waals surface area contributed by atoms with Crippen molar-refractivity contribution < 1.29 is 33.0 Å². The summed E-state index contributed by atoms with van der Waals surface area (Å²) in [5, 5.41) is 14.4. The number of hydrogen-bond acceptors (Lipinski definition) is 5. The second-order valence-corrected chi connectivity index (χ2v) is 9.29. The zero-order valence-electron chi connectivity index (χ0n) is 19.5. The van der Waals surface area contributed by atoms with Crippen LogP contribution in [0.5, 0.6) is 5.75 Å². The summed E-state index contributed by atoms with van der Waals surface area (Å²) in [6, 6.07) is 10.5. The van der Waals surface area contributed by atoms with Gasteiger partial charge in [0.05, 0.1) is 11.7 Å². The monoisotopic (exact) mass is 486 g/mol. The number of amides is 2. The van der Waals surface area contributed by atoms with Crippen molar-refractivity contribution in [3.8, 4) is 5.75 Å². The molecule has 1 fully saturated rings. The van der Waals surface area contributed by atoms with Gasteiger partial charge in [0.1, 0.15) is 12.0 Å². The number of alkyl halides is 2. The Bertz CT molecular complexity index is 1150. The number of carbonyl (C=O) groups excluding carboxylic acids is 3. The summed E-state index contributed by atoms with van der Waals surface area (Å²) in [4.78, 5) is 37.6. The van der Waals surface area contributed by atoms with Crippen molar-refractivity contribution in [3.05, 3.63) is 64.7 Å². The Morgan fingerprint density at radius 3 is 2.63 bits per heavy atom. The smallest absolute Gasteiger partial charge is 0.353 e. The lowest BCUT2D eigenvalue weighted by Crippen LogP contribution is -2.47. The van der Waals surface area contributed by atoms with Gasteiger partial charge in [-0.25, -0.2) is 0 Å². The molecule has 4 rings (SSSR count). The van der Waals surface area contributed by atoms with E-state index in [1.165, 1.54) is 18.2 Å². The molecule has 2 amide bonds. The third kappa shape index (κ3) is 5.05. The highest BCUT2D eigenvalue weighted by molar-refractivity contribution is 6.04. The lowest BCUT2D eigenvalue weighted by atomic mass is 9.82. The van der Waals surface area contributed by atoms with Crippen molar-refractivity contribution in [1.82, 2.24) is 10.6 Å². The maximum Gasteiger partial charge on any atom is 0.353 e. The van der Waals surface area contributed by atoms with Gasteiger partial charge in [-0.2, -0.15) is 8.78 Å². The highest BCUT2D eigenvalue weighted by Crippen LogP contribution is 2.37. The van der Waals surface area contributed by atoms with Crippen LogP contribution in [-0.2, 0) is 28.5 Å². The number of para-hydroxylation sites is 1. The van der Waals surface area contributed by atoms with Gasteiger partial charge < -0.3 is 20.5 Å². The number of benzene rings is 2. The highest BCUT2D eigenvalue weighted by atomic mass is 19.3. The van der Waals surface area contributed by atoms with E-state index in [-0.39, 0.29) is 30.1 Å². The number of nitrogens with one attached hydrogen (secondary N) is 2. The Labute approximate surface area is 201 Å². The third-order valence-electron chi connectivity index (χ3n) is 6.42. The van der Waals surface area contributed by atoms with E-state index in [1.54, 1.807) is 38.1 Å². The fourth-order valence-electron chi connectivity index (χ4n) is 4.71. The largest absolute Gasteiger partial charge is 0.490 e. The van der Waals surface area contributed by atoms with Crippen LogP contribution >= 0.6 is 0 Å². The minimum absolute atomic E-state index is 0.0518. The van der Waals surface area contributed by atoms with Gasteiger partial charge in [0.25, 0.3) is 5.91 Å². The number of ketones is 1. The molecular weight excluding hydrogens is 458 g/mol. The van der Waals surface area contributed by atoms with Crippen LogP contribution in [0, 0.1) is 11.8 Å². The zero-order valence-corrected chi connectivity index (χ0v) is 19.5. The first-order chi connectivity index (χ1) is 16.6. The van der Waals surface area contributed by atoms with Gasteiger partial charge >= 0.3 is 5.92 Å². The van der Waals surface area contributed by atoms with Gasteiger partial charge in [0, 0.05) is 23.9 Å². The molecule has 3 N–H and O–H groups in total. The number of halogens is 2. The van der Waals surface area contributed by atoms with E-state index in [1.807, 2.05) is 0 Å². The van der Waals surface area contributed by atoms with E-state index in [9.17, 15) is 28.3 Å². The Morgan fingerprint density at radius 1 is 1.17 bits per heavy atom. The molecule has 1 aliphatic heterocycles. The Hall–Kier alpha value is -3.33. The predicted octanol–water partition coefficient (Wildman–Crippen LogP) is 3.08. The van der Waals surface area contributed by atoms with Crippen LogP contribution < -0.4 is 15.4 Å². The van der Waals surface area contributed by atoms with Crippen molar-refractivity contribution in [3.63, 3.8) is 0 Å². The molecule has 1 heterocycles. The van der Waals surface area contributed by atoms with Crippen LogP contribution in [0.2, 0.25) is 0 Å². The molecule has 186 valence electrons. The maximum absolute atomic E-state index is 15.0. The van der Waals surface area contributed by atoms with Gasteiger partial charge in [-0.05, 0) is 56.4 Å². The van der Waals surface area contributed by atoms with Crippen molar-refractivity contribution in [2.75, 3.05) is 0 Å². The topological polar surface area (TPSA) is 105 Å². The quantitative estimate of drug-likeness (QED) is 0.558. The average Bonchev–Trinajstić information content (AvgIpc) is 3.12. The number of hydrogen-bond donors (Lipinski definition) is 3. The van der Waals surface area contributed by atoms with Crippen LogP contribution in [0.4, 0.5) is 8.78 Å². The van der Waals surface area contributed by atoms with Gasteiger partial charge in [-0.1, -0.05) is 30.3 Å². The van der Waals surface area contributed by atoms with E-state index < -0.39 is 35.5 Å². The fourth-order valence-corrected chi connectivity index (χ4v) is 4.71. The fraction of sp³-hybridized carbons (Fsp3) is 0.423. The molecule has 0 saturated carbocycles. The number of carbonyl (C=O) groups is 3. The van der Waals surface area contributed by atoms with Crippen LogP contribution in [0.15, 0.2) is 42.5 Å². The minimum atomic E-state index is -3.80. The molecular formula is C26H28F2N2O5. The SMILES string of the molecule is CC(C)Oc1ccccc1C(F)(F)C(=O)NCc1ccc2c(c1)CC(C1CCC(O)NC1=O)C2=O. The third-order valence-corrected chi connectivity index (χ3v) is 6.42. The first-order valence-electron chi connectivity index (χ1n) is 11.6. The van der Waals surface area contributed by atoms with E-state index >= 15 is 0 Å². The number of Topliss-reactive ketones (excluding diaryl/α,β-unsaturated/α-hetero) is 1. The molecule has 0 spiro atoms. The Kier molecular flexibility index (Phi) is 6.89. The minimum Gasteiger partial charge on any atom is -0.490 e. The summed E-state index contributed by atoms with van der Waals surface area (Å²) in [7, 11) is 0. The van der Waals surface area contributed by atoms with E-state index in [0.717, 1.165) is 0 Å². The molecule has 35 heavy (non-hydrogen) atoms. The van der Waals surface area contributed by atoms with Crippen molar-refractivity contribution >= 4 is 17.6 Å². The van der Waals surface area contributed by atoms with Crippen LogP contribution in [-0.4, -0.2) is 35.0 Å². The summed E-state index contributed by atoms with van der Waals surface area (Å²) in [6.07, 6.45) is -0.0853. The maximum atomic E-state index is 15.0. The normalized spacial score (nSPS) is 22.1. The molecule has 1 saturated heterocycles. The summed E-state index contributed by atoms with van der Waals surface area (Å²) in [6.45, 7) is 3.27. The molecule has 0 aromatic heterocycles. The van der Waals surface area contributed by atoms with Crippen molar-refractivity contribution in [1.29, 1.82) is 0 Å². The summed E-state index contributed by atoms with van der Waals surface area (Å²) in [5.41, 5.74) is 1.27. The van der Waals surface area contributed by atoms with E-state index in [0.29, 0.717) is 36.0 Å². The summed E-state index contributed by atoms with van der Waals surface area (Å²) < 4.78 is 35.4. The lowest BCUT2D eigenvalue weighted by molar-refractivity contribution is -0.147. The van der Waals surface area contributed by atoms with E-state index in [4.69, 9.17) is 4.74 Å². The molecule has 3 unspecified atom stereocenters. The molecule has 9 heteroatoms. The molecule has 0 bridgehead atoms. The van der Waals surface area contributed by atoms with Crippen LogP contribution in [0.3, 0.4) is 0 Å². The standard InChI is InChI=1S/C26H28F2N2O5/c1-14(2)35-21-6-4-3-5-20(21)26(27,28)25(34)29-13-15-7-8-17-16(11-15)12-19(23(17)32)18-9-10-22(31)30-24(18)33/h3-8,11,14,18-19,22,31H,9-10,12-13H2,1-2H3,(H,29,34)(H,30,33). The van der Waals surface area contributed by atoms with Crippen LogP contribution in [0.1, 0.15) is 53.7 Å². The zero-order chi connectivity index (χ0) is 25.3. The highest BCUT2D eigenvalue weighted by Gasteiger charge is 2.44. The molecule has 2 aromatic rings. The molecule has 2 aliphatic rings. The van der Waals surface area contributed by atoms with Gasteiger partial charge in [-0.15, -0.1) is 0 Å². The first kappa shape index (κ1) is 24.8. The number of piperidine rings is 1. The predicted molar refractivity (Wildman–Crippen MR) is 123 cm³/mol. The summed E-state index contributed by atoms with van der Waals surface area (Å²) in [5.74, 6) is -6.83. The number of ether oxygens (including phenoxy) is 1. The first-order valence-corrected chi connectivity index (χ1v) is 11.6. The van der Waals surface area contributed by atoms with E-state index in [2.05, 4.69) is 10.6 Å². The molecule has 2 aromatic carbocycles. The van der Waals surface area contributed by atoms with Crippen molar-refractivity contribution in [2.45, 2.75) is 57.9 Å². The Morgan fingerprint density at radius 2 is 1.91 bits per heavy atom. The van der Waals surface area contributed by atoms with Crippen LogP contribution in [0.25, 0.3) is 0 Å². The molecule has 7 nitrogen and oxygen atoms in total. The van der Waals surface area contributed by atoms with Crippen molar-refractivity contribution in [2.24, 2.45) is 11.8 Å². The number of aliphatic hydroxyl groups is 1. The number of aliphatic hydroxyl groups excluding tert-OH is 1. The number of rotatable bonds is 7. The number of fused-ring (bicyclic) bond motifs is 1. The lowest BCUT2D eigenvalue weighted by Gasteiger charge is -2.29. The second-order valence-electron chi connectivity index (χ2n) is 9.29. The van der Waals surface area contributed by atoms with Gasteiger partial charge in [0.15, 0.2) is 5.78 Å². The second kappa shape index (κ2) is 9.73. The molecule has 1 aliphatic carbocycles. The average molecular weight is 487 g/mol. The molecule has 0 radical (unpaired) electrons. The van der Waals surface area contributed by atoms with Gasteiger partial charge in [-0.3, -0.25) is 14.4 Å². The Balaban J connectivity index is 1.44. The van der Waals surface area contributed by atoms with Gasteiger partial charge in [0.2, 0.25) is 5.91 Å². The molecule has 3 atom stereocenters.